The number of hydrogen-bond acceptors (Lipinski definition) is 3. The van der Waals surface area contributed by atoms with Gasteiger partial charge in [-0.05, 0) is 35.2 Å². The van der Waals surface area contributed by atoms with Crippen LogP contribution < -0.4 is 0 Å². The lowest BCUT2D eigenvalue weighted by molar-refractivity contribution is 0.550. The lowest BCUT2D eigenvalue weighted by Gasteiger charge is -2.29. The van der Waals surface area contributed by atoms with Crippen LogP contribution in [-0.2, 0) is 10.0 Å². The second-order valence-corrected chi connectivity index (χ2v) is 6.85. The number of aromatic amines is 1. The summed E-state index contributed by atoms with van der Waals surface area (Å²) in [7, 11) is -3.36. The third kappa shape index (κ3) is 2.08. The summed E-state index contributed by atoms with van der Waals surface area (Å²) in [6.07, 6.45) is 7.58. The fourth-order valence-electron chi connectivity index (χ4n) is 2.66. The Morgan fingerprint density at radius 3 is 3.05 bits per heavy atom. The van der Waals surface area contributed by atoms with Gasteiger partial charge in [0, 0.05) is 30.0 Å². The fraction of sp³-hybridized carbons (Fsp3) is 0.133. The van der Waals surface area contributed by atoms with E-state index in [4.69, 9.17) is 0 Å². The standard InChI is InChI=1S/C15H13N3O2S/c19-21(20)9-8-18-7-1-2-13(15(18)17-21)12-4-3-11-5-6-16-14(11)10-12/h1-7,10,16H,8-9H2. The van der Waals surface area contributed by atoms with Gasteiger partial charge in [-0.3, -0.25) is 0 Å². The first kappa shape index (κ1) is 12.4. The largest absolute Gasteiger partial charge is 0.361 e. The molecule has 106 valence electrons. The van der Waals surface area contributed by atoms with Gasteiger partial charge in [-0.15, -0.1) is 4.40 Å². The van der Waals surface area contributed by atoms with Crippen LogP contribution in [0.1, 0.15) is 5.56 Å². The molecule has 1 aromatic carbocycles. The summed E-state index contributed by atoms with van der Waals surface area (Å²) in [6.45, 7) is 0.444. The summed E-state index contributed by atoms with van der Waals surface area (Å²) in [5.41, 5.74) is 2.81. The van der Waals surface area contributed by atoms with Crippen LogP contribution in [0.15, 0.2) is 53.2 Å². The summed E-state index contributed by atoms with van der Waals surface area (Å²) < 4.78 is 27.5. The molecule has 2 aromatic rings. The van der Waals surface area contributed by atoms with E-state index in [0.717, 1.165) is 22.0 Å². The van der Waals surface area contributed by atoms with Crippen LogP contribution in [0.2, 0.25) is 0 Å². The minimum atomic E-state index is -3.36. The molecule has 0 atom stereocenters. The number of sulfonamides is 1. The number of benzene rings is 1. The number of amidine groups is 1. The van der Waals surface area contributed by atoms with Crippen LogP contribution in [0.3, 0.4) is 0 Å². The predicted octanol–water partition coefficient (Wildman–Crippen LogP) is 2.12. The molecule has 2 aliphatic heterocycles. The summed E-state index contributed by atoms with van der Waals surface area (Å²) in [6, 6.07) is 8.02. The van der Waals surface area contributed by atoms with Gasteiger partial charge in [-0.2, -0.15) is 0 Å². The molecule has 3 heterocycles. The molecular formula is C15H13N3O2S. The second kappa shape index (κ2) is 4.33. The van der Waals surface area contributed by atoms with Gasteiger partial charge in [0.1, 0.15) is 0 Å². The minimum absolute atomic E-state index is 0.0593. The maximum absolute atomic E-state index is 11.8. The number of fused-ring (bicyclic) bond motifs is 2. The number of nitrogens with zero attached hydrogens (tertiary/aromatic N) is 2. The van der Waals surface area contributed by atoms with E-state index in [9.17, 15) is 8.42 Å². The summed E-state index contributed by atoms with van der Waals surface area (Å²) in [5, 5.41) is 1.13. The normalized spacial score (nSPS) is 20.1. The van der Waals surface area contributed by atoms with Crippen molar-refractivity contribution >= 4 is 32.3 Å². The third-order valence-corrected chi connectivity index (χ3v) is 4.87. The molecule has 21 heavy (non-hydrogen) atoms. The highest BCUT2D eigenvalue weighted by atomic mass is 32.2. The molecule has 0 bridgehead atoms. The summed E-state index contributed by atoms with van der Waals surface area (Å²) in [5.74, 6) is 0.568. The van der Waals surface area contributed by atoms with Crippen LogP contribution >= 0.6 is 0 Å². The van der Waals surface area contributed by atoms with Crippen molar-refractivity contribution in [2.75, 3.05) is 12.3 Å². The van der Waals surface area contributed by atoms with Crippen molar-refractivity contribution in [3.63, 3.8) is 0 Å². The first-order valence-electron chi connectivity index (χ1n) is 6.68. The monoisotopic (exact) mass is 299 g/mol. The number of rotatable bonds is 1. The number of nitrogens with one attached hydrogen (secondary N) is 1. The van der Waals surface area contributed by atoms with Gasteiger partial charge < -0.3 is 9.88 Å². The summed E-state index contributed by atoms with van der Waals surface area (Å²) in [4.78, 5) is 5.05. The van der Waals surface area contributed by atoms with Gasteiger partial charge >= 0.3 is 0 Å². The zero-order chi connectivity index (χ0) is 14.4. The van der Waals surface area contributed by atoms with E-state index >= 15 is 0 Å². The molecule has 0 amide bonds. The van der Waals surface area contributed by atoms with Gasteiger partial charge in [-0.1, -0.05) is 12.1 Å². The molecule has 6 heteroatoms. The zero-order valence-corrected chi connectivity index (χ0v) is 12.0. The maximum Gasteiger partial charge on any atom is 0.256 e. The van der Waals surface area contributed by atoms with Crippen molar-refractivity contribution in [2.24, 2.45) is 4.40 Å². The lowest BCUT2D eigenvalue weighted by atomic mass is 10.0. The highest BCUT2D eigenvalue weighted by Gasteiger charge is 2.27. The van der Waals surface area contributed by atoms with Crippen LogP contribution in [0.4, 0.5) is 0 Å². The topological polar surface area (TPSA) is 65.5 Å². The Hall–Kier alpha value is -2.34. The number of H-pyrrole nitrogens is 1. The van der Waals surface area contributed by atoms with E-state index in [2.05, 4.69) is 9.38 Å². The van der Waals surface area contributed by atoms with Gasteiger partial charge in [0.25, 0.3) is 10.0 Å². The molecule has 0 radical (unpaired) electrons. The van der Waals surface area contributed by atoms with Gasteiger partial charge in [0.15, 0.2) is 5.84 Å². The Labute approximate surface area is 122 Å². The molecule has 1 N–H and O–H groups in total. The van der Waals surface area contributed by atoms with Gasteiger partial charge in [0.2, 0.25) is 0 Å². The van der Waals surface area contributed by atoms with Crippen molar-refractivity contribution in [3.8, 4) is 0 Å². The molecule has 0 fully saturated rings. The molecule has 0 saturated heterocycles. The lowest BCUT2D eigenvalue weighted by Crippen LogP contribution is -2.37. The Morgan fingerprint density at radius 1 is 1.24 bits per heavy atom. The highest BCUT2D eigenvalue weighted by molar-refractivity contribution is 7.90. The van der Waals surface area contributed by atoms with E-state index in [1.165, 1.54) is 0 Å². The van der Waals surface area contributed by atoms with Crippen molar-refractivity contribution in [1.82, 2.24) is 9.88 Å². The second-order valence-electron chi connectivity index (χ2n) is 5.10. The Balaban J connectivity index is 1.88. The molecule has 2 aliphatic rings. The van der Waals surface area contributed by atoms with Gasteiger partial charge in [-0.25, -0.2) is 8.42 Å². The smallest absolute Gasteiger partial charge is 0.256 e. The minimum Gasteiger partial charge on any atom is -0.361 e. The average Bonchev–Trinajstić information content (AvgIpc) is 2.93. The van der Waals surface area contributed by atoms with E-state index < -0.39 is 10.0 Å². The molecule has 5 nitrogen and oxygen atoms in total. The zero-order valence-electron chi connectivity index (χ0n) is 11.2. The molecule has 0 spiro atoms. The fourth-order valence-corrected chi connectivity index (χ4v) is 3.64. The third-order valence-electron chi connectivity index (χ3n) is 3.72. The molecule has 4 rings (SSSR count). The first-order valence-corrected chi connectivity index (χ1v) is 8.29. The van der Waals surface area contributed by atoms with Crippen molar-refractivity contribution in [2.45, 2.75) is 0 Å². The van der Waals surface area contributed by atoms with E-state index in [1.54, 1.807) is 0 Å². The Morgan fingerprint density at radius 2 is 2.14 bits per heavy atom. The van der Waals surface area contributed by atoms with Crippen LogP contribution in [0.25, 0.3) is 16.5 Å². The maximum atomic E-state index is 11.8. The number of hydrogen-bond donors (Lipinski definition) is 1. The SMILES string of the molecule is O=S1(=O)CCN2C=CC=C(c3ccc4cc[nH]c4c3)C2=N1. The predicted molar refractivity (Wildman–Crippen MR) is 83.3 cm³/mol. The van der Waals surface area contributed by atoms with Crippen LogP contribution in [-0.4, -0.2) is 36.4 Å². The van der Waals surface area contributed by atoms with E-state index in [-0.39, 0.29) is 5.75 Å². The molecule has 0 aliphatic carbocycles. The van der Waals surface area contributed by atoms with E-state index in [1.807, 2.05) is 53.7 Å². The average molecular weight is 299 g/mol. The van der Waals surface area contributed by atoms with E-state index in [0.29, 0.717) is 12.4 Å². The first-order chi connectivity index (χ1) is 10.1. The number of aromatic nitrogens is 1. The van der Waals surface area contributed by atoms with Crippen LogP contribution in [0, 0.1) is 0 Å². The highest BCUT2D eigenvalue weighted by Crippen LogP contribution is 2.27. The molecule has 0 saturated carbocycles. The van der Waals surface area contributed by atoms with Crippen molar-refractivity contribution in [3.05, 3.63) is 54.4 Å². The quantitative estimate of drug-likeness (QED) is 0.877. The van der Waals surface area contributed by atoms with Crippen molar-refractivity contribution in [1.29, 1.82) is 0 Å². The number of allylic oxidation sites excluding steroid dienone is 2. The Bertz CT molecular complexity index is 919. The molecule has 1 aromatic heterocycles. The molecule has 0 unspecified atom stereocenters. The summed E-state index contributed by atoms with van der Waals surface area (Å²) >= 11 is 0. The molecular weight excluding hydrogens is 286 g/mol. The van der Waals surface area contributed by atoms with Gasteiger partial charge in [0.05, 0.1) is 5.75 Å². The van der Waals surface area contributed by atoms with Crippen LogP contribution in [0.5, 0.6) is 0 Å². The van der Waals surface area contributed by atoms with Crippen molar-refractivity contribution < 1.29 is 8.42 Å². The Kier molecular flexibility index (Phi) is 2.56.